The highest BCUT2D eigenvalue weighted by Crippen LogP contribution is 2.50. The Morgan fingerprint density at radius 2 is 0.449 bits per heavy atom. The molecule has 0 fully saturated rings. The van der Waals surface area contributed by atoms with Gasteiger partial charge in [0.25, 0.3) is 0 Å². The van der Waals surface area contributed by atoms with Crippen LogP contribution in [-0.4, -0.2) is 48.0 Å². The number of rotatable bonds is 9. The third-order valence-electron chi connectivity index (χ3n) is 15.0. The number of ketones is 3. The summed E-state index contributed by atoms with van der Waals surface area (Å²) < 4.78 is 0. The van der Waals surface area contributed by atoms with Gasteiger partial charge in [0, 0.05) is 50.1 Å². The second-order valence-corrected chi connectivity index (χ2v) is 19.4. The third-order valence-corrected chi connectivity index (χ3v) is 15.0. The van der Waals surface area contributed by atoms with Gasteiger partial charge in [0.15, 0.2) is 17.3 Å². The molecule has 13 rings (SSSR count). The molecule has 78 heavy (non-hydrogen) atoms. The molecule has 0 aromatic heterocycles. The lowest BCUT2D eigenvalue weighted by molar-refractivity contribution is 0.103. The molecule has 0 saturated carbocycles. The van der Waals surface area contributed by atoms with Gasteiger partial charge >= 0.3 is 0 Å². The largest absolute Gasteiger partial charge is 0.507 e. The summed E-state index contributed by atoms with van der Waals surface area (Å²) in [4.78, 5) is 46.7. The van der Waals surface area contributed by atoms with Gasteiger partial charge in [-0.1, -0.05) is 164 Å². The molecule has 0 aliphatic rings. The van der Waals surface area contributed by atoms with Crippen LogP contribution >= 0.6 is 0 Å². The number of hydrogen-bond donors (Lipinski definition) is 6. The zero-order valence-corrected chi connectivity index (χ0v) is 41.2. The first kappa shape index (κ1) is 47.0. The molecule has 0 atom stereocenters. The third kappa shape index (κ3) is 7.44. The molecule has 0 unspecified atom stereocenters. The van der Waals surface area contributed by atoms with E-state index >= 15 is 14.4 Å². The van der Waals surface area contributed by atoms with Crippen LogP contribution in [0.1, 0.15) is 47.8 Å². The number of phenolic OH excluding ortho intramolecular Hbond substituents is 6. The minimum atomic E-state index is -0.795. The molecule has 0 saturated heterocycles. The van der Waals surface area contributed by atoms with Crippen LogP contribution in [0.25, 0.3) is 98.0 Å². The highest BCUT2D eigenvalue weighted by Gasteiger charge is 2.30. The molecular weight excluding hydrogens is 973 g/mol. The van der Waals surface area contributed by atoms with Gasteiger partial charge in [-0.3, -0.25) is 14.4 Å². The van der Waals surface area contributed by atoms with Crippen molar-refractivity contribution in [1.82, 2.24) is 0 Å². The van der Waals surface area contributed by atoms with Crippen molar-refractivity contribution < 1.29 is 45.0 Å². The fraction of sp³-hybridized carbons (Fsp3) is 0. The summed E-state index contributed by atoms with van der Waals surface area (Å²) in [5, 5.41) is 79.7. The molecule has 0 heterocycles. The van der Waals surface area contributed by atoms with Crippen LogP contribution < -0.4 is 0 Å². The Labute approximate surface area is 444 Å². The van der Waals surface area contributed by atoms with E-state index < -0.39 is 34.6 Å². The molecule has 6 N–H and O–H groups in total. The summed E-state index contributed by atoms with van der Waals surface area (Å²) >= 11 is 0. The Kier molecular flexibility index (Phi) is 11.0. The van der Waals surface area contributed by atoms with Crippen LogP contribution in [0.15, 0.2) is 218 Å². The van der Waals surface area contributed by atoms with Crippen molar-refractivity contribution >= 4 is 82.0 Å². The van der Waals surface area contributed by atoms with E-state index in [4.69, 9.17) is 0 Å². The number of hydrogen-bond acceptors (Lipinski definition) is 9. The molecule has 9 heteroatoms. The molecule has 0 spiro atoms. The van der Waals surface area contributed by atoms with Gasteiger partial charge in [0.2, 0.25) is 0 Å². The predicted molar refractivity (Wildman–Crippen MR) is 307 cm³/mol. The number of aromatic hydroxyl groups is 6. The molecule has 0 aliphatic heterocycles. The van der Waals surface area contributed by atoms with E-state index in [1.54, 1.807) is 91.0 Å². The first-order chi connectivity index (χ1) is 37.9. The molecule has 372 valence electrons. The number of phenols is 6. The number of fused-ring (bicyclic) bond motifs is 6. The topological polar surface area (TPSA) is 173 Å². The lowest BCUT2D eigenvalue weighted by Gasteiger charge is -2.18. The van der Waals surface area contributed by atoms with Crippen molar-refractivity contribution in [2.24, 2.45) is 0 Å². The van der Waals surface area contributed by atoms with E-state index in [9.17, 15) is 30.6 Å². The lowest BCUT2D eigenvalue weighted by Crippen LogP contribution is -2.12. The first-order valence-corrected chi connectivity index (χ1v) is 25.1. The lowest BCUT2D eigenvalue weighted by atomic mass is 9.85. The Morgan fingerprint density at radius 3 is 0.705 bits per heavy atom. The van der Waals surface area contributed by atoms with Gasteiger partial charge < -0.3 is 30.6 Å². The standard InChI is InChI=1S/C69H42O9/c70-55-28-25-37-13-1-7-19-46(37)58(55)61-49-22-10-4-16-40(49)34-52(67(61)76)64(73)43-31-44(65(74)53-35-41-17-5-11-23-50(41)62(68(53)77)59-47-20-8-2-14-38(47)26-29-56(59)71)33-45(32-43)66(75)54-36-42-18-6-12-24-51(42)63(69(54)78)60-48-21-9-3-15-39(48)27-30-57(60)72/h1-36,70-72,76-78H. The van der Waals surface area contributed by atoms with E-state index in [1.807, 2.05) is 72.8 Å². The minimum absolute atomic E-state index is 0.142. The van der Waals surface area contributed by atoms with Gasteiger partial charge in [0.1, 0.15) is 34.5 Å². The van der Waals surface area contributed by atoms with E-state index in [1.165, 1.54) is 54.6 Å². The highest BCUT2D eigenvalue weighted by molar-refractivity contribution is 6.24. The van der Waals surface area contributed by atoms with Crippen LogP contribution in [0.2, 0.25) is 0 Å². The smallest absolute Gasteiger partial charge is 0.196 e. The maximum atomic E-state index is 15.6. The number of benzene rings is 13. The fourth-order valence-corrected chi connectivity index (χ4v) is 11.3. The molecule has 9 nitrogen and oxygen atoms in total. The Balaban J connectivity index is 1.05. The van der Waals surface area contributed by atoms with E-state index in [0.29, 0.717) is 48.5 Å². The van der Waals surface area contributed by atoms with Crippen LogP contribution in [0, 0.1) is 0 Å². The van der Waals surface area contributed by atoms with Gasteiger partial charge in [-0.25, -0.2) is 0 Å². The Bertz CT molecular complexity index is 4280. The summed E-state index contributed by atoms with van der Waals surface area (Å²) in [6.07, 6.45) is 0. The van der Waals surface area contributed by atoms with Crippen molar-refractivity contribution in [1.29, 1.82) is 0 Å². The molecule has 0 radical (unpaired) electrons. The normalized spacial score (nSPS) is 11.5. The maximum Gasteiger partial charge on any atom is 0.196 e. The van der Waals surface area contributed by atoms with E-state index in [0.717, 1.165) is 16.2 Å². The van der Waals surface area contributed by atoms with Gasteiger partial charge in [0.05, 0.1) is 16.7 Å². The number of carbonyl (C=O) groups is 3. The van der Waals surface area contributed by atoms with Gasteiger partial charge in [-0.15, -0.1) is 0 Å². The Hall–Kier alpha value is -10.8. The summed E-state index contributed by atoms with van der Waals surface area (Å²) in [5.74, 6) is -4.20. The average molecular weight is 1020 g/mol. The zero-order valence-electron chi connectivity index (χ0n) is 41.2. The predicted octanol–water partition coefficient (Wildman–Crippen LogP) is 15.5. The molecule has 13 aromatic rings. The minimum Gasteiger partial charge on any atom is -0.507 e. The summed E-state index contributed by atoms with van der Waals surface area (Å²) in [6.45, 7) is 0. The van der Waals surface area contributed by atoms with E-state index in [-0.39, 0.29) is 84.0 Å². The zero-order chi connectivity index (χ0) is 53.5. The van der Waals surface area contributed by atoms with Crippen molar-refractivity contribution in [3.63, 3.8) is 0 Å². The Morgan fingerprint density at radius 1 is 0.231 bits per heavy atom. The number of carbonyl (C=O) groups excluding carboxylic acids is 3. The van der Waals surface area contributed by atoms with Crippen molar-refractivity contribution in [3.05, 3.63) is 252 Å². The molecule has 13 aromatic carbocycles. The summed E-state index contributed by atoms with van der Waals surface area (Å²) in [6, 6.07) is 61.7. The summed E-state index contributed by atoms with van der Waals surface area (Å²) in [7, 11) is 0. The van der Waals surface area contributed by atoms with Gasteiger partial charge in [-0.05, 0) is 119 Å². The van der Waals surface area contributed by atoms with Crippen LogP contribution in [0.4, 0.5) is 0 Å². The van der Waals surface area contributed by atoms with Crippen molar-refractivity contribution in [3.8, 4) is 67.9 Å². The average Bonchev–Trinajstić information content (AvgIpc) is 3.56. The molecule has 0 aliphatic carbocycles. The van der Waals surface area contributed by atoms with Crippen LogP contribution in [-0.2, 0) is 0 Å². The van der Waals surface area contributed by atoms with Crippen LogP contribution in [0.5, 0.6) is 34.5 Å². The first-order valence-electron chi connectivity index (χ1n) is 25.1. The SMILES string of the molecule is O=C(c1cc(C(=O)c2cc3ccccc3c(-c3c(O)ccc4ccccc34)c2O)cc(C(=O)c2cc3ccccc3c(-c3c(O)ccc4ccccc34)c2O)c1)c1cc2ccccc2c(-c2c(O)ccc3ccccc23)c1O. The second kappa shape index (κ2) is 18.3. The highest BCUT2D eigenvalue weighted by atomic mass is 16.3. The fourth-order valence-electron chi connectivity index (χ4n) is 11.3. The van der Waals surface area contributed by atoms with Crippen molar-refractivity contribution in [2.75, 3.05) is 0 Å². The van der Waals surface area contributed by atoms with Gasteiger partial charge in [-0.2, -0.15) is 0 Å². The monoisotopic (exact) mass is 1010 g/mol. The second-order valence-electron chi connectivity index (χ2n) is 19.4. The van der Waals surface area contributed by atoms with Crippen LogP contribution in [0.3, 0.4) is 0 Å². The quantitative estimate of drug-likeness (QED) is 0.0770. The molecular formula is C69H42O9. The summed E-state index contributed by atoms with van der Waals surface area (Å²) in [5.41, 5.74) is 0.185. The van der Waals surface area contributed by atoms with E-state index in [2.05, 4.69) is 0 Å². The van der Waals surface area contributed by atoms with Crippen molar-refractivity contribution in [2.45, 2.75) is 0 Å². The maximum absolute atomic E-state index is 15.6. The molecule has 0 amide bonds. The molecule has 0 bridgehead atoms.